The molecule has 0 spiro atoms. The van der Waals surface area contributed by atoms with E-state index in [0.29, 0.717) is 0 Å². The van der Waals surface area contributed by atoms with Gasteiger partial charge in [-0.2, -0.15) is 0 Å². The van der Waals surface area contributed by atoms with Gasteiger partial charge >= 0.3 is 17.3 Å². The highest BCUT2D eigenvalue weighted by atomic mass is 16.5. The van der Waals surface area contributed by atoms with Crippen LogP contribution in [-0.4, -0.2) is 39.1 Å². The molecule has 2 atom stereocenters. The van der Waals surface area contributed by atoms with Crippen molar-refractivity contribution in [2.45, 2.75) is 13.0 Å². The standard InChI is InChI=1S/C8H11N3O5/c1-8(5(12)13)3-16-2-4(8)11-6(14)9-10-7(11)15/h4H,2-3H2,1H3,(H,9,14)(H,10,15)(H,12,13). The lowest BCUT2D eigenvalue weighted by Crippen LogP contribution is -2.43. The first kappa shape index (κ1) is 10.7. The molecule has 1 saturated heterocycles. The Morgan fingerprint density at radius 3 is 2.56 bits per heavy atom. The lowest BCUT2D eigenvalue weighted by Gasteiger charge is -2.23. The first-order chi connectivity index (χ1) is 7.47. The summed E-state index contributed by atoms with van der Waals surface area (Å²) in [6, 6.07) is -0.799. The first-order valence-corrected chi connectivity index (χ1v) is 4.67. The molecule has 1 fully saturated rings. The van der Waals surface area contributed by atoms with E-state index in [0.717, 1.165) is 4.57 Å². The Balaban J connectivity index is 2.53. The van der Waals surface area contributed by atoms with Crippen molar-refractivity contribution in [3.63, 3.8) is 0 Å². The van der Waals surface area contributed by atoms with Gasteiger partial charge in [-0.1, -0.05) is 0 Å². The summed E-state index contributed by atoms with van der Waals surface area (Å²) in [5, 5.41) is 13.3. The molecule has 2 rings (SSSR count). The molecule has 2 unspecified atom stereocenters. The molecule has 0 radical (unpaired) electrons. The molecule has 88 valence electrons. The van der Waals surface area contributed by atoms with Gasteiger partial charge in [-0.15, -0.1) is 0 Å². The third kappa shape index (κ3) is 1.30. The van der Waals surface area contributed by atoms with Crippen LogP contribution in [-0.2, 0) is 9.53 Å². The normalized spacial score (nSPS) is 29.4. The maximum absolute atomic E-state index is 11.4. The minimum absolute atomic E-state index is 0.0237. The molecule has 1 aromatic rings. The van der Waals surface area contributed by atoms with Crippen molar-refractivity contribution in [3.8, 4) is 0 Å². The van der Waals surface area contributed by atoms with Gasteiger partial charge in [-0.05, 0) is 6.92 Å². The summed E-state index contributed by atoms with van der Waals surface area (Å²) >= 11 is 0. The Morgan fingerprint density at radius 2 is 2.06 bits per heavy atom. The molecule has 0 amide bonds. The summed E-state index contributed by atoms with van der Waals surface area (Å²) < 4.78 is 5.91. The molecule has 0 aromatic carbocycles. The lowest BCUT2D eigenvalue weighted by atomic mass is 9.85. The van der Waals surface area contributed by atoms with E-state index in [2.05, 4.69) is 10.2 Å². The molecular weight excluding hydrogens is 218 g/mol. The Morgan fingerprint density at radius 1 is 1.50 bits per heavy atom. The van der Waals surface area contributed by atoms with Crippen molar-refractivity contribution in [2.24, 2.45) is 5.41 Å². The SMILES string of the molecule is CC1(C(=O)O)COCC1n1c(=O)[nH][nH]c1=O. The zero-order valence-electron chi connectivity index (χ0n) is 8.52. The van der Waals surface area contributed by atoms with E-state index in [9.17, 15) is 14.4 Å². The van der Waals surface area contributed by atoms with Crippen molar-refractivity contribution >= 4 is 5.97 Å². The average Bonchev–Trinajstić information content (AvgIpc) is 2.72. The van der Waals surface area contributed by atoms with E-state index in [4.69, 9.17) is 9.84 Å². The third-order valence-electron chi connectivity index (χ3n) is 2.93. The summed E-state index contributed by atoms with van der Waals surface area (Å²) in [7, 11) is 0. The number of nitrogens with one attached hydrogen (secondary N) is 2. The largest absolute Gasteiger partial charge is 0.481 e. The summed E-state index contributed by atoms with van der Waals surface area (Å²) in [5.74, 6) is -1.09. The number of aromatic amines is 2. The van der Waals surface area contributed by atoms with Crippen molar-refractivity contribution < 1.29 is 14.6 Å². The lowest BCUT2D eigenvalue weighted by molar-refractivity contribution is -0.149. The smallest absolute Gasteiger partial charge is 0.344 e. The van der Waals surface area contributed by atoms with E-state index in [1.165, 1.54) is 6.92 Å². The van der Waals surface area contributed by atoms with Gasteiger partial charge < -0.3 is 9.84 Å². The van der Waals surface area contributed by atoms with E-state index >= 15 is 0 Å². The Bertz CT molecular complexity index is 499. The van der Waals surface area contributed by atoms with Crippen LogP contribution in [0.3, 0.4) is 0 Å². The van der Waals surface area contributed by atoms with Gasteiger partial charge in [0.25, 0.3) is 0 Å². The molecule has 0 saturated carbocycles. The highest BCUT2D eigenvalue weighted by Crippen LogP contribution is 2.36. The van der Waals surface area contributed by atoms with Gasteiger partial charge in [0.05, 0.1) is 19.3 Å². The van der Waals surface area contributed by atoms with E-state index < -0.39 is 28.8 Å². The number of ether oxygens (including phenoxy) is 1. The molecule has 1 aliphatic rings. The molecule has 8 heteroatoms. The number of carboxylic acid groups (broad SMARTS) is 1. The summed E-state index contributed by atoms with van der Waals surface area (Å²) in [6.45, 7) is 1.46. The second kappa shape index (κ2) is 3.34. The fourth-order valence-corrected chi connectivity index (χ4v) is 1.83. The van der Waals surface area contributed by atoms with Gasteiger partial charge in [0.15, 0.2) is 0 Å². The van der Waals surface area contributed by atoms with Gasteiger partial charge in [-0.25, -0.2) is 24.4 Å². The number of aliphatic carboxylic acids is 1. The third-order valence-corrected chi connectivity index (χ3v) is 2.93. The highest BCUT2D eigenvalue weighted by molar-refractivity contribution is 5.75. The molecule has 1 aliphatic heterocycles. The quantitative estimate of drug-likeness (QED) is 0.572. The van der Waals surface area contributed by atoms with Crippen LogP contribution in [0.4, 0.5) is 0 Å². The average molecular weight is 229 g/mol. The van der Waals surface area contributed by atoms with Gasteiger partial charge in [-0.3, -0.25) is 4.79 Å². The number of carbonyl (C=O) groups is 1. The fourth-order valence-electron chi connectivity index (χ4n) is 1.83. The van der Waals surface area contributed by atoms with Crippen LogP contribution in [0.15, 0.2) is 9.59 Å². The second-order valence-electron chi connectivity index (χ2n) is 3.98. The molecule has 16 heavy (non-hydrogen) atoms. The zero-order valence-corrected chi connectivity index (χ0v) is 8.52. The van der Waals surface area contributed by atoms with E-state index in [-0.39, 0.29) is 13.2 Å². The van der Waals surface area contributed by atoms with Gasteiger partial charge in [0.1, 0.15) is 5.41 Å². The van der Waals surface area contributed by atoms with Crippen molar-refractivity contribution in [1.82, 2.24) is 14.8 Å². The van der Waals surface area contributed by atoms with Crippen molar-refractivity contribution in [1.29, 1.82) is 0 Å². The molecule has 8 nitrogen and oxygen atoms in total. The Hall–Kier alpha value is -1.83. The Labute approximate surface area is 88.8 Å². The van der Waals surface area contributed by atoms with Crippen molar-refractivity contribution in [3.05, 3.63) is 21.0 Å². The van der Waals surface area contributed by atoms with Crippen LogP contribution in [0.2, 0.25) is 0 Å². The predicted molar refractivity (Wildman–Crippen MR) is 51.3 cm³/mol. The minimum atomic E-state index is -1.26. The number of hydrogen-bond donors (Lipinski definition) is 3. The van der Waals surface area contributed by atoms with Crippen LogP contribution in [0.5, 0.6) is 0 Å². The zero-order chi connectivity index (χ0) is 11.9. The van der Waals surface area contributed by atoms with E-state index in [1.807, 2.05) is 0 Å². The number of aromatic nitrogens is 3. The van der Waals surface area contributed by atoms with E-state index in [1.54, 1.807) is 0 Å². The number of hydrogen-bond acceptors (Lipinski definition) is 4. The number of rotatable bonds is 2. The molecule has 0 bridgehead atoms. The number of H-pyrrole nitrogens is 2. The van der Waals surface area contributed by atoms with Gasteiger partial charge in [0.2, 0.25) is 0 Å². The van der Waals surface area contributed by atoms with Crippen molar-refractivity contribution in [2.75, 3.05) is 13.2 Å². The molecule has 1 aromatic heterocycles. The molecular formula is C8H11N3O5. The summed E-state index contributed by atoms with van der Waals surface area (Å²) in [6.07, 6.45) is 0. The molecule has 0 aliphatic carbocycles. The fraction of sp³-hybridized carbons (Fsp3) is 0.625. The second-order valence-corrected chi connectivity index (χ2v) is 3.98. The van der Waals surface area contributed by atoms with Crippen LogP contribution in [0.25, 0.3) is 0 Å². The molecule has 2 heterocycles. The maximum Gasteiger partial charge on any atom is 0.344 e. The summed E-state index contributed by atoms with van der Waals surface area (Å²) in [5.41, 5.74) is -2.58. The molecule has 3 N–H and O–H groups in total. The topological polar surface area (TPSA) is 117 Å². The number of nitrogens with zero attached hydrogens (tertiary/aromatic N) is 1. The highest BCUT2D eigenvalue weighted by Gasteiger charge is 2.49. The first-order valence-electron chi connectivity index (χ1n) is 4.67. The van der Waals surface area contributed by atoms with Crippen LogP contribution in [0.1, 0.15) is 13.0 Å². The van der Waals surface area contributed by atoms with Crippen LogP contribution >= 0.6 is 0 Å². The monoisotopic (exact) mass is 229 g/mol. The minimum Gasteiger partial charge on any atom is -0.481 e. The number of carboxylic acids is 1. The van der Waals surface area contributed by atoms with Gasteiger partial charge in [0, 0.05) is 0 Å². The maximum atomic E-state index is 11.4. The van der Waals surface area contributed by atoms with Crippen LogP contribution in [0, 0.1) is 5.41 Å². The predicted octanol–water partition coefficient (Wildman–Crippen LogP) is -1.47. The van der Waals surface area contributed by atoms with Crippen LogP contribution < -0.4 is 11.4 Å². The Kier molecular flexibility index (Phi) is 2.23. The summed E-state index contributed by atoms with van der Waals surface area (Å²) in [4.78, 5) is 33.9.